The number of nitro benzene ring substituents is 1. The fourth-order valence-electron chi connectivity index (χ4n) is 3.01. The zero-order valence-electron chi connectivity index (χ0n) is 15.0. The first-order valence-electron chi connectivity index (χ1n) is 8.77. The Labute approximate surface area is 156 Å². The van der Waals surface area contributed by atoms with E-state index in [2.05, 4.69) is 6.92 Å². The van der Waals surface area contributed by atoms with Crippen LogP contribution in [0, 0.1) is 16.0 Å². The number of aryl methyl sites for hydroxylation is 1. The van der Waals surface area contributed by atoms with Gasteiger partial charge in [-0.2, -0.15) is 0 Å². The van der Waals surface area contributed by atoms with Gasteiger partial charge >= 0.3 is 5.97 Å². The van der Waals surface area contributed by atoms with Gasteiger partial charge in [0, 0.05) is 30.8 Å². The average molecular weight is 368 g/mol. The predicted octanol–water partition coefficient (Wildman–Crippen LogP) is 3.25. The molecule has 2 aromatic rings. The van der Waals surface area contributed by atoms with E-state index in [0.29, 0.717) is 12.1 Å². The van der Waals surface area contributed by atoms with Gasteiger partial charge in [-0.25, -0.2) is 0 Å². The zero-order valence-corrected chi connectivity index (χ0v) is 15.0. The third-order valence-corrected chi connectivity index (χ3v) is 4.64. The second-order valence-corrected chi connectivity index (χ2v) is 6.46. The lowest BCUT2D eigenvalue weighted by Gasteiger charge is -2.17. The van der Waals surface area contributed by atoms with Crippen molar-refractivity contribution in [3.05, 3.63) is 69.8 Å². The molecule has 0 saturated carbocycles. The summed E-state index contributed by atoms with van der Waals surface area (Å²) in [5.74, 6) is -1.05. The number of amides is 1. The molecule has 1 saturated heterocycles. The summed E-state index contributed by atoms with van der Waals surface area (Å²) in [7, 11) is 0. The molecule has 1 fully saturated rings. The highest BCUT2D eigenvalue weighted by Gasteiger charge is 2.36. The molecule has 140 valence electrons. The van der Waals surface area contributed by atoms with Crippen LogP contribution < -0.4 is 4.90 Å². The summed E-state index contributed by atoms with van der Waals surface area (Å²) >= 11 is 0. The molecule has 3 rings (SSSR count). The standard InChI is InChI=1S/C20H20N2O5/c1-2-14-3-7-17(8-4-14)21-12-16(11-19(21)23)20(24)27-13-15-5-9-18(10-6-15)22(25)26/h3-10,16H,2,11-13H2,1H3/t16-/m1/s1. The number of esters is 1. The molecule has 1 heterocycles. The number of hydrogen-bond acceptors (Lipinski definition) is 5. The first-order chi connectivity index (χ1) is 13.0. The van der Waals surface area contributed by atoms with Crippen molar-refractivity contribution in [1.29, 1.82) is 0 Å². The molecule has 0 unspecified atom stereocenters. The Hall–Kier alpha value is -3.22. The lowest BCUT2D eigenvalue weighted by atomic mass is 10.1. The number of carbonyl (C=O) groups is 2. The third kappa shape index (κ3) is 4.31. The Balaban J connectivity index is 1.57. The van der Waals surface area contributed by atoms with Gasteiger partial charge in [0.05, 0.1) is 10.8 Å². The van der Waals surface area contributed by atoms with Crippen molar-refractivity contribution < 1.29 is 19.2 Å². The van der Waals surface area contributed by atoms with Gasteiger partial charge in [-0.05, 0) is 41.8 Å². The van der Waals surface area contributed by atoms with E-state index in [-0.39, 0.29) is 24.6 Å². The Morgan fingerprint density at radius 2 is 1.78 bits per heavy atom. The second-order valence-electron chi connectivity index (χ2n) is 6.46. The Morgan fingerprint density at radius 1 is 1.15 bits per heavy atom. The Kier molecular flexibility index (Phi) is 5.49. The fraction of sp³-hybridized carbons (Fsp3) is 0.300. The van der Waals surface area contributed by atoms with Crippen molar-refractivity contribution in [2.45, 2.75) is 26.4 Å². The average Bonchev–Trinajstić information content (AvgIpc) is 3.08. The summed E-state index contributed by atoms with van der Waals surface area (Å²) in [6.07, 6.45) is 1.04. The number of rotatable bonds is 6. The number of ether oxygens (including phenoxy) is 1. The van der Waals surface area contributed by atoms with Crippen molar-refractivity contribution in [2.75, 3.05) is 11.4 Å². The maximum absolute atomic E-state index is 12.3. The van der Waals surface area contributed by atoms with E-state index in [0.717, 1.165) is 12.1 Å². The van der Waals surface area contributed by atoms with Gasteiger partial charge in [0.2, 0.25) is 5.91 Å². The molecule has 0 aliphatic carbocycles. The van der Waals surface area contributed by atoms with Crippen molar-refractivity contribution in [1.82, 2.24) is 0 Å². The maximum atomic E-state index is 12.3. The summed E-state index contributed by atoms with van der Waals surface area (Å²) in [4.78, 5) is 36.4. The van der Waals surface area contributed by atoms with Crippen LogP contribution in [0.15, 0.2) is 48.5 Å². The lowest BCUT2D eigenvalue weighted by molar-refractivity contribution is -0.384. The molecule has 1 amide bonds. The normalized spacial score (nSPS) is 16.4. The quantitative estimate of drug-likeness (QED) is 0.443. The van der Waals surface area contributed by atoms with E-state index in [1.165, 1.54) is 17.7 Å². The minimum atomic E-state index is -0.513. The van der Waals surface area contributed by atoms with Gasteiger partial charge in [-0.1, -0.05) is 19.1 Å². The number of anilines is 1. The molecule has 2 aromatic carbocycles. The predicted molar refractivity (Wildman–Crippen MR) is 99.2 cm³/mol. The largest absolute Gasteiger partial charge is 0.461 e. The summed E-state index contributed by atoms with van der Waals surface area (Å²) in [6.45, 7) is 2.38. The highest BCUT2D eigenvalue weighted by atomic mass is 16.6. The summed E-state index contributed by atoms with van der Waals surface area (Å²) < 4.78 is 5.29. The van der Waals surface area contributed by atoms with Crippen LogP contribution in [0.1, 0.15) is 24.5 Å². The van der Waals surface area contributed by atoms with Gasteiger partial charge in [-0.3, -0.25) is 19.7 Å². The lowest BCUT2D eigenvalue weighted by Crippen LogP contribution is -2.26. The minimum Gasteiger partial charge on any atom is -0.461 e. The first-order valence-corrected chi connectivity index (χ1v) is 8.77. The zero-order chi connectivity index (χ0) is 19.4. The number of nitro groups is 1. The number of nitrogens with zero attached hydrogens (tertiary/aromatic N) is 2. The maximum Gasteiger partial charge on any atom is 0.311 e. The number of benzene rings is 2. The van der Waals surface area contributed by atoms with Crippen molar-refractivity contribution in [3.8, 4) is 0 Å². The van der Waals surface area contributed by atoms with Crippen LogP contribution in [0.3, 0.4) is 0 Å². The molecule has 0 spiro atoms. The molecule has 1 atom stereocenters. The van der Waals surface area contributed by atoms with Crippen LogP contribution in [0.4, 0.5) is 11.4 Å². The van der Waals surface area contributed by atoms with Gasteiger partial charge in [-0.15, -0.1) is 0 Å². The van der Waals surface area contributed by atoms with Gasteiger partial charge in [0.25, 0.3) is 5.69 Å². The van der Waals surface area contributed by atoms with Gasteiger partial charge < -0.3 is 9.64 Å². The highest BCUT2D eigenvalue weighted by Crippen LogP contribution is 2.26. The molecule has 7 nitrogen and oxygen atoms in total. The van der Waals surface area contributed by atoms with Crippen LogP contribution in [-0.4, -0.2) is 23.3 Å². The molecule has 0 radical (unpaired) electrons. The molecule has 0 aromatic heterocycles. The number of non-ortho nitro benzene ring substituents is 1. The van der Waals surface area contributed by atoms with E-state index < -0.39 is 16.8 Å². The first kappa shape index (κ1) is 18.6. The van der Waals surface area contributed by atoms with Crippen LogP contribution in [-0.2, 0) is 27.4 Å². The summed E-state index contributed by atoms with van der Waals surface area (Å²) in [5.41, 5.74) is 2.61. The van der Waals surface area contributed by atoms with Crippen LogP contribution >= 0.6 is 0 Å². The van der Waals surface area contributed by atoms with Crippen molar-refractivity contribution in [3.63, 3.8) is 0 Å². The molecular weight excluding hydrogens is 348 g/mol. The molecule has 7 heteroatoms. The van der Waals surface area contributed by atoms with Gasteiger partial charge in [0.15, 0.2) is 0 Å². The summed E-state index contributed by atoms with van der Waals surface area (Å²) in [6, 6.07) is 13.6. The van der Waals surface area contributed by atoms with Crippen LogP contribution in [0.2, 0.25) is 0 Å². The Bertz CT molecular complexity index is 846. The molecule has 1 aliphatic heterocycles. The minimum absolute atomic E-state index is 0.0174. The molecule has 0 N–H and O–H groups in total. The highest BCUT2D eigenvalue weighted by molar-refractivity contribution is 5.99. The topological polar surface area (TPSA) is 89.8 Å². The van der Waals surface area contributed by atoms with Crippen molar-refractivity contribution in [2.24, 2.45) is 5.92 Å². The fourth-order valence-corrected chi connectivity index (χ4v) is 3.01. The number of hydrogen-bond donors (Lipinski definition) is 0. The van der Waals surface area contributed by atoms with E-state index in [1.54, 1.807) is 17.0 Å². The molecule has 27 heavy (non-hydrogen) atoms. The third-order valence-electron chi connectivity index (χ3n) is 4.64. The van der Waals surface area contributed by atoms with E-state index in [4.69, 9.17) is 4.74 Å². The van der Waals surface area contributed by atoms with Crippen molar-refractivity contribution >= 4 is 23.3 Å². The number of carbonyl (C=O) groups excluding carboxylic acids is 2. The smallest absolute Gasteiger partial charge is 0.311 e. The summed E-state index contributed by atoms with van der Waals surface area (Å²) in [5, 5.41) is 10.7. The van der Waals surface area contributed by atoms with E-state index in [1.807, 2.05) is 24.3 Å². The van der Waals surface area contributed by atoms with Crippen LogP contribution in [0.25, 0.3) is 0 Å². The molecular formula is C20H20N2O5. The molecule has 0 bridgehead atoms. The second kappa shape index (κ2) is 7.99. The van der Waals surface area contributed by atoms with Crippen LogP contribution in [0.5, 0.6) is 0 Å². The monoisotopic (exact) mass is 368 g/mol. The van der Waals surface area contributed by atoms with E-state index in [9.17, 15) is 19.7 Å². The van der Waals surface area contributed by atoms with E-state index >= 15 is 0 Å². The SMILES string of the molecule is CCc1ccc(N2C[C@H](C(=O)OCc3ccc([N+](=O)[O-])cc3)CC2=O)cc1. The molecule has 1 aliphatic rings. The van der Waals surface area contributed by atoms with Gasteiger partial charge in [0.1, 0.15) is 6.61 Å². The Morgan fingerprint density at radius 3 is 2.37 bits per heavy atom.